The van der Waals surface area contributed by atoms with Gasteiger partial charge in [-0.3, -0.25) is 4.98 Å². The van der Waals surface area contributed by atoms with Gasteiger partial charge in [0, 0.05) is 12.1 Å². The molecule has 1 heterocycles. The lowest BCUT2D eigenvalue weighted by Crippen LogP contribution is -2.19. The van der Waals surface area contributed by atoms with Crippen molar-refractivity contribution in [3.63, 3.8) is 0 Å². The van der Waals surface area contributed by atoms with E-state index in [1.807, 2.05) is 24.4 Å². The van der Waals surface area contributed by atoms with Crippen molar-refractivity contribution in [1.29, 1.82) is 0 Å². The highest BCUT2D eigenvalue weighted by Gasteiger charge is 2.28. The number of aromatic nitrogens is 1. The molecule has 0 aliphatic carbocycles. The average molecular weight is 418 g/mol. The van der Waals surface area contributed by atoms with Crippen molar-refractivity contribution in [1.82, 2.24) is 4.98 Å². The maximum absolute atomic E-state index is 8.12. The fourth-order valence-electron chi connectivity index (χ4n) is 3.77. The molecule has 0 spiro atoms. The van der Waals surface area contributed by atoms with E-state index in [-0.39, 0.29) is 17.7 Å². The quantitative estimate of drug-likeness (QED) is 0.458. The summed E-state index contributed by atoms with van der Waals surface area (Å²) in [6.45, 7) is 11.2. The second-order valence-electron chi connectivity index (χ2n) is 8.63. The summed E-state index contributed by atoms with van der Waals surface area (Å²) in [5.74, 6) is 1.22. The number of carbonyl (C=O) groups excluding carboxylic acids is 2. The number of benzene rings is 2. The minimum atomic E-state index is -0.0254. The zero-order valence-electron chi connectivity index (χ0n) is 19.0. The van der Waals surface area contributed by atoms with E-state index >= 15 is 0 Å². The van der Waals surface area contributed by atoms with Crippen LogP contribution in [0.1, 0.15) is 68.5 Å². The van der Waals surface area contributed by atoms with E-state index < -0.39 is 0 Å². The van der Waals surface area contributed by atoms with Gasteiger partial charge >= 0.3 is 6.15 Å². The summed E-state index contributed by atoms with van der Waals surface area (Å²) in [5, 5.41) is 0. The zero-order valence-corrected chi connectivity index (χ0v) is 19.0. The first-order chi connectivity index (χ1) is 14.8. The fourth-order valence-corrected chi connectivity index (χ4v) is 3.77. The number of nitrogens with zero attached hydrogens (tertiary/aromatic N) is 1. The maximum atomic E-state index is 8.12. The van der Waals surface area contributed by atoms with Crippen LogP contribution < -0.4 is 4.74 Å². The molecule has 31 heavy (non-hydrogen) atoms. The molecule has 0 saturated carbocycles. The van der Waals surface area contributed by atoms with Gasteiger partial charge in [0.15, 0.2) is 0 Å². The molecule has 0 amide bonds. The number of hydrogen-bond acceptors (Lipinski definition) is 4. The summed E-state index contributed by atoms with van der Waals surface area (Å²) in [6, 6.07) is 23.5. The van der Waals surface area contributed by atoms with Gasteiger partial charge < -0.3 is 4.74 Å². The zero-order chi connectivity index (χ0) is 22.9. The lowest BCUT2D eigenvalue weighted by atomic mass is 9.72. The minimum absolute atomic E-state index is 0.0254. The second kappa shape index (κ2) is 11.2. The molecule has 1 aromatic heterocycles. The number of hydrogen-bond donors (Lipinski definition) is 0. The molecule has 0 bridgehead atoms. The number of aryl methyl sites for hydroxylation is 1. The lowest BCUT2D eigenvalue weighted by Gasteiger charge is -2.32. The van der Waals surface area contributed by atoms with Crippen molar-refractivity contribution in [2.45, 2.75) is 53.1 Å². The Bertz CT molecular complexity index is 952. The van der Waals surface area contributed by atoms with Crippen LogP contribution in [0.2, 0.25) is 0 Å². The molecule has 0 N–H and O–H groups in total. The monoisotopic (exact) mass is 417 g/mol. The lowest BCUT2D eigenvalue weighted by molar-refractivity contribution is -0.191. The molecule has 0 aliphatic heterocycles. The topological polar surface area (TPSA) is 56.3 Å². The number of rotatable bonds is 6. The van der Waals surface area contributed by atoms with Crippen molar-refractivity contribution >= 4 is 6.15 Å². The van der Waals surface area contributed by atoms with Gasteiger partial charge in [0.25, 0.3) is 0 Å². The SMILES string of the molecule is CCC(Oc1ccc(C(c2ccc(C)cc2)C(C)(C)C)cc1)c1ccccn1.O=C=O. The Hall–Kier alpha value is -3.23. The average Bonchev–Trinajstić information content (AvgIpc) is 2.75. The second-order valence-corrected chi connectivity index (χ2v) is 8.63. The molecule has 4 heteroatoms. The first-order valence-corrected chi connectivity index (χ1v) is 10.5. The molecule has 3 rings (SSSR count). The van der Waals surface area contributed by atoms with E-state index in [1.54, 1.807) is 0 Å². The molecule has 2 unspecified atom stereocenters. The fraction of sp³-hybridized carbons (Fsp3) is 0.333. The molecular formula is C27H31NO3. The largest absolute Gasteiger partial charge is 0.484 e. The summed E-state index contributed by atoms with van der Waals surface area (Å²) in [4.78, 5) is 20.7. The van der Waals surface area contributed by atoms with Crippen LogP contribution in [-0.4, -0.2) is 11.1 Å². The summed E-state index contributed by atoms with van der Waals surface area (Å²) in [5.41, 5.74) is 5.06. The van der Waals surface area contributed by atoms with Crippen LogP contribution in [0.3, 0.4) is 0 Å². The minimum Gasteiger partial charge on any atom is -0.484 e. The first kappa shape index (κ1) is 24.0. The van der Waals surface area contributed by atoms with Crippen LogP contribution in [0.15, 0.2) is 72.9 Å². The third kappa shape index (κ3) is 6.91. The van der Waals surface area contributed by atoms with Gasteiger partial charge in [0.1, 0.15) is 11.9 Å². The van der Waals surface area contributed by atoms with E-state index in [4.69, 9.17) is 14.3 Å². The smallest absolute Gasteiger partial charge is 0.373 e. The summed E-state index contributed by atoms with van der Waals surface area (Å²) in [6.07, 6.45) is 2.93. The number of pyridine rings is 1. The predicted octanol–water partition coefficient (Wildman–Crippen LogP) is 6.51. The maximum Gasteiger partial charge on any atom is 0.373 e. The molecule has 162 valence electrons. The van der Waals surface area contributed by atoms with Crippen molar-refractivity contribution in [2.75, 3.05) is 0 Å². The third-order valence-electron chi connectivity index (χ3n) is 5.16. The third-order valence-corrected chi connectivity index (χ3v) is 5.16. The van der Waals surface area contributed by atoms with Crippen molar-refractivity contribution < 1.29 is 14.3 Å². The highest BCUT2D eigenvalue weighted by molar-refractivity contribution is 5.38. The van der Waals surface area contributed by atoms with Crippen molar-refractivity contribution in [2.24, 2.45) is 5.41 Å². The Balaban J connectivity index is 0.00000107. The van der Waals surface area contributed by atoms with Crippen molar-refractivity contribution in [3.8, 4) is 5.75 Å². The number of ether oxygens (including phenoxy) is 1. The van der Waals surface area contributed by atoms with Gasteiger partial charge in [-0.15, -0.1) is 0 Å². The van der Waals surface area contributed by atoms with E-state index in [0.717, 1.165) is 17.9 Å². The normalized spacial score (nSPS) is 12.7. The van der Waals surface area contributed by atoms with Crippen LogP contribution >= 0.6 is 0 Å². The standard InChI is InChI=1S/C26H31NO.CO2/c1-6-24(23-9-7-8-18-27-23)28-22-16-14-21(15-17-22)25(26(3,4)5)20-12-10-19(2)11-13-20;2-1-3/h7-18,24-25H,6H2,1-5H3;. The highest BCUT2D eigenvalue weighted by atomic mass is 16.5. The molecule has 0 fully saturated rings. The van der Waals surface area contributed by atoms with Gasteiger partial charge in [-0.25, -0.2) is 0 Å². The van der Waals surface area contributed by atoms with Crippen LogP contribution in [0.5, 0.6) is 5.75 Å². The Kier molecular flexibility index (Phi) is 8.72. The Morgan fingerprint density at radius 3 is 1.90 bits per heavy atom. The Morgan fingerprint density at radius 2 is 1.45 bits per heavy atom. The summed E-state index contributed by atoms with van der Waals surface area (Å²) in [7, 11) is 0. The first-order valence-electron chi connectivity index (χ1n) is 10.5. The summed E-state index contributed by atoms with van der Waals surface area (Å²) < 4.78 is 6.23. The van der Waals surface area contributed by atoms with Gasteiger partial charge in [0.2, 0.25) is 0 Å². The van der Waals surface area contributed by atoms with E-state index in [9.17, 15) is 0 Å². The molecule has 0 radical (unpaired) electrons. The molecule has 2 atom stereocenters. The molecule has 3 aromatic rings. The van der Waals surface area contributed by atoms with Crippen LogP contribution in [0, 0.1) is 12.3 Å². The van der Waals surface area contributed by atoms with E-state index in [0.29, 0.717) is 5.92 Å². The van der Waals surface area contributed by atoms with Gasteiger partial charge in [-0.2, -0.15) is 9.59 Å². The van der Waals surface area contributed by atoms with Gasteiger partial charge in [0.05, 0.1) is 5.69 Å². The van der Waals surface area contributed by atoms with Crippen LogP contribution in [0.25, 0.3) is 0 Å². The molecular weight excluding hydrogens is 386 g/mol. The van der Waals surface area contributed by atoms with Crippen LogP contribution in [-0.2, 0) is 9.59 Å². The molecule has 0 saturated heterocycles. The molecule has 4 nitrogen and oxygen atoms in total. The summed E-state index contributed by atoms with van der Waals surface area (Å²) >= 11 is 0. The predicted molar refractivity (Wildman–Crippen MR) is 122 cm³/mol. The van der Waals surface area contributed by atoms with Gasteiger partial charge in [-0.1, -0.05) is 75.7 Å². The van der Waals surface area contributed by atoms with E-state index in [1.165, 1.54) is 16.7 Å². The molecule has 2 aromatic carbocycles. The molecule has 0 aliphatic rings. The highest BCUT2D eigenvalue weighted by Crippen LogP contribution is 2.41. The Morgan fingerprint density at radius 1 is 0.903 bits per heavy atom. The van der Waals surface area contributed by atoms with Gasteiger partial charge in [-0.05, 0) is 54.2 Å². The van der Waals surface area contributed by atoms with E-state index in [2.05, 4.69) is 88.1 Å². The van der Waals surface area contributed by atoms with Crippen LogP contribution in [0.4, 0.5) is 0 Å². The van der Waals surface area contributed by atoms with Crippen molar-refractivity contribution in [3.05, 3.63) is 95.3 Å². The Labute approximate surface area is 185 Å².